The van der Waals surface area contributed by atoms with Gasteiger partial charge in [-0.3, -0.25) is 4.57 Å². The van der Waals surface area contributed by atoms with Gasteiger partial charge >= 0.3 is 0 Å². The molecule has 0 spiro atoms. The quantitative estimate of drug-likeness (QED) is 0.398. The van der Waals surface area contributed by atoms with Crippen LogP contribution in [-0.4, -0.2) is 19.7 Å². The number of rotatable bonds is 7. The first-order valence-corrected chi connectivity index (χ1v) is 10.5. The smallest absolute Gasteiger partial charge is 0.196 e. The van der Waals surface area contributed by atoms with Gasteiger partial charge in [0.15, 0.2) is 5.16 Å². The maximum absolute atomic E-state index is 12.9. The highest BCUT2D eigenvalue weighted by atomic mass is 32.2. The molecule has 0 aliphatic rings. The van der Waals surface area contributed by atoms with Crippen molar-refractivity contribution in [2.45, 2.75) is 24.4 Å². The van der Waals surface area contributed by atoms with Crippen LogP contribution in [0.15, 0.2) is 65.4 Å². The largest absolute Gasteiger partial charge is 0.486 e. The van der Waals surface area contributed by atoms with Gasteiger partial charge in [0.2, 0.25) is 0 Å². The zero-order valence-electron chi connectivity index (χ0n) is 15.1. The summed E-state index contributed by atoms with van der Waals surface area (Å²) in [5.41, 5.74) is 3.20. The molecule has 4 aromatic rings. The van der Waals surface area contributed by atoms with Crippen LogP contribution in [0.4, 0.5) is 4.39 Å². The number of hydrogen-bond donors (Lipinski definition) is 0. The Kier molecular flexibility index (Phi) is 5.68. The standard InChI is InChI=1S/C20H17FN4OS2/c1-14-4-2-3-5-18(14)25-13-22-24-20(25)28-12-16-11-27-19(23-16)10-26-17-8-6-15(21)7-9-17/h2-9,11,13H,10,12H2,1H3. The average Bonchev–Trinajstić information content (AvgIpc) is 3.35. The van der Waals surface area contributed by atoms with Gasteiger partial charge in [-0.2, -0.15) is 0 Å². The van der Waals surface area contributed by atoms with Gasteiger partial charge in [0.05, 0.1) is 11.4 Å². The highest BCUT2D eigenvalue weighted by Gasteiger charge is 2.11. The molecule has 0 radical (unpaired) electrons. The zero-order chi connectivity index (χ0) is 19.3. The number of ether oxygens (including phenoxy) is 1. The van der Waals surface area contributed by atoms with Crippen LogP contribution in [0.25, 0.3) is 5.69 Å². The first-order valence-electron chi connectivity index (χ1n) is 8.59. The average molecular weight is 413 g/mol. The van der Waals surface area contributed by atoms with Gasteiger partial charge in [-0.15, -0.1) is 21.5 Å². The topological polar surface area (TPSA) is 52.8 Å². The third-order valence-corrected chi connectivity index (χ3v) is 5.86. The molecule has 0 N–H and O–H groups in total. The van der Waals surface area contributed by atoms with E-state index in [0.717, 1.165) is 27.1 Å². The molecule has 0 aliphatic heterocycles. The van der Waals surface area contributed by atoms with E-state index in [1.807, 2.05) is 22.1 Å². The molecule has 0 saturated carbocycles. The van der Waals surface area contributed by atoms with Gasteiger partial charge in [-0.1, -0.05) is 30.0 Å². The molecule has 2 aromatic carbocycles. The van der Waals surface area contributed by atoms with Crippen LogP contribution in [0.1, 0.15) is 16.3 Å². The van der Waals surface area contributed by atoms with E-state index in [1.54, 1.807) is 41.6 Å². The Hall–Kier alpha value is -2.71. The molecule has 0 atom stereocenters. The SMILES string of the molecule is Cc1ccccc1-n1cnnc1SCc1csc(COc2ccc(F)cc2)n1. The summed E-state index contributed by atoms with van der Waals surface area (Å²) in [5, 5.41) is 12.0. The summed E-state index contributed by atoms with van der Waals surface area (Å²) in [4.78, 5) is 4.60. The highest BCUT2D eigenvalue weighted by molar-refractivity contribution is 7.98. The predicted octanol–water partition coefficient (Wildman–Crippen LogP) is 5.04. The Morgan fingerprint density at radius 3 is 2.79 bits per heavy atom. The number of benzene rings is 2. The van der Waals surface area contributed by atoms with Crippen molar-refractivity contribution in [3.8, 4) is 11.4 Å². The van der Waals surface area contributed by atoms with Crippen LogP contribution in [0.5, 0.6) is 5.75 Å². The van der Waals surface area contributed by atoms with Crippen molar-refractivity contribution in [1.29, 1.82) is 0 Å². The van der Waals surface area contributed by atoms with Crippen molar-refractivity contribution in [2.75, 3.05) is 0 Å². The molecule has 0 aliphatic carbocycles. The Labute approximate surface area is 170 Å². The number of halogens is 1. The molecule has 4 rings (SSSR count). The normalized spacial score (nSPS) is 10.9. The molecule has 0 fully saturated rings. The Bertz CT molecular complexity index is 1060. The second-order valence-corrected chi connectivity index (χ2v) is 7.92. The van der Waals surface area contributed by atoms with E-state index >= 15 is 0 Å². The number of nitrogens with zero attached hydrogens (tertiary/aromatic N) is 4. The fourth-order valence-electron chi connectivity index (χ4n) is 2.62. The number of aryl methyl sites for hydroxylation is 1. The Morgan fingerprint density at radius 2 is 1.96 bits per heavy atom. The molecule has 0 amide bonds. The fourth-order valence-corrected chi connectivity index (χ4v) is 4.24. The lowest BCUT2D eigenvalue weighted by Gasteiger charge is -2.08. The van der Waals surface area contributed by atoms with Gasteiger partial charge in [0.25, 0.3) is 0 Å². The molecule has 2 heterocycles. The predicted molar refractivity (Wildman–Crippen MR) is 109 cm³/mol. The van der Waals surface area contributed by atoms with E-state index < -0.39 is 0 Å². The summed E-state index contributed by atoms with van der Waals surface area (Å²) >= 11 is 3.14. The molecule has 28 heavy (non-hydrogen) atoms. The highest BCUT2D eigenvalue weighted by Crippen LogP contribution is 2.25. The molecule has 0 saturated heterocycles. The van der Waals surface area contributed by atoms with E-state index in [0.29, 0.717) is 18.1 Å². The first-order chi connectivity index (χ1) is 13.7. The van der Waals surface area contributed by atoms with Crippen LogP contribution in [0.2, 0.25) is 0 Å². The van der Waals surface area contributed by atoms with Crippen molar-refractivity contribution in [2.24, 2.45) is 0 Å². The summed E-state index contributed by atoms with van der Waals surface area (Å²) in [7, 11) is 0. The van der Waals surface area contributed by atoms with E-state index in [-0.39, 0.29) is 5.82 Å². The lowest BCUT2D eigenvalue weighted by molar-refractivity contribution is 0.305. The summed E-state index contributed by atoms with van der Waals surface area (Å²) in [6, 6.07) is 14.1. The van der Waals surface area contributed by atoms with Crippen molar-refractivity contribution < 1.29 is 9.13 Å². The lowest BCUT2D eigenvalue weighted by atomic mass is 10.2. The summed E-state index contributed by atoms with van der Waals surface area (Å²) in [5.74, 6) is 1.04. The van der Waals surface area contributed by atoms with Crippen LogP contribution in [0, 0.1) is 12.7 Å². The number of para-hydroxylation sites is 1. The monoisotopic (exact) mass is 412 g/mol. The van der Waals surface area contributed by atoms with E-state index in [2.05, 4.69) is 34.2 Å². The van der Waals surface area contributed by atoms with Crippen LogP contribution >= 0.6 is 23.1 Å². The number of thioether (sulfide) groups is 1. The number of aromatic nitrogens is 4. The molecule has 2 aromatic heterocycles. The van der Waals surface area contributed by atoms with Crippen LogP contribution in [-0.2, 0) is 12.4 Å². The van der Waals surface area contributed by atoms with Crippen molar-refractivity contribution >= 4 is 23.1 Å². The maximum atomic E-state index is 12.9. The van der Waals surface area contributed by atoms with Gasteiger partial charge in [0.1, 0.15) is 29.5 Å². The second-order valence-electron chi connectivity index (χ2n) is 6.03. The van der Waals surface area contributed by atoms with Gasteiger partial charge in [-0.25, -0.2) is 9.37 Å². The minimum atomic E-state index is -0.278. The van der Waals surface area contributed by atoms with Gasteiger partial charge in [-0.05, 0) is 42.8 Å². The molecule has 0 bridgehead atoms. The van der Waals surface area contributed by atoms with Gasteiger partial charge < -0.3 is 4.74 Å². The second kappa shape index (κ2) is 8.53. The number of hydrogen-bond acceptors (Lipinski definition) is 6. The van der Waals surface area contributed by atoms with Crippen molar-refractivity contribution in [3.05, 3.63) is 82.3 Å². The third-order valence-electron chi connectivity index (χ3n) is 4.02. The molecule has 0 unspecified atom stereocenters. The van der Waals surface area contributed by atoms with Crippen molar-refractivity contribution in [1.82, 2.24) is 19.7 Å². The summed E-state index contributed by atoms with van der Waals surface area (Å²) in [6.45, 7) is 2.43. The van der Waals surface area contributed by atoms with Crippen LogP contribution in [0.3, 0.4) is 0 Å². The molecule has 8 heteroatoms. The number of thiazole rings is 1. The minimum Gasteiger partial charge on any atom is -0.486 e. The maximum Gasteiger partial charge on any atom is 0.196 e. The van der Waals surface area contributed by atoms with E-state index in [1.165, 1.54) is 12.1 Å². The Morgan fingerprint density at radius 1 is 1.14 bits per heavy atom. The molecular weight excluding hydrogens is 395 g/mol. The van der Waals surface area contributed by atoms with Gasteiger partial charge in [0, 0.05) is 11.1 Å². The summed E-state index contributed by atoms with van der Waals surface area (Å²) in [6.07, 6.45) is 1.73. The molecule has 142 valence electrons. The Balaban J connectivity index is 1.37. The molecular formula is C20H17FN4OS2. The van der Waals surface area contributed by atoms with E-state index in [4.69, 9.17) is 4.74 Å². The van der Waals surface area contributed by atoms with Crippen molar-refractivity contribution in [3.63, 3.8) is 0 Å². The molecule has 5 nitrogen and oxygen atoms in total. The first kappa shape index (κ1) is 18.6. The fraction of sp³-hybridized carbons (Fsp3) is 0.150. The minimum absolute atomic E-state index is 0.278. The van der Waals surface area contributed by atoms with E-state index in [9.17, 15) is 4.39 Å². The summed E-state index contributed by atoms with van der Waals surface area (Å²) < 4.78 is 20.6. The zero-order valence-corrected chi connectivity index (χ0v) is 16.7. The lowest BCUT2D eigenvalue weighted by Crippen LogP contribution is -1.98. The third kappa shape index (κ3) is 4.40. The van der Waals surface area contributed by atoms with Crippen LogP contribution < -0.4 is 4.74 Å².